The van der Waals surface area contributed by atoms with Crippen molar-refractivity contribution < 1.29 is 19.1 Å². The van der Waals surface area contributed by atoms with Gasteiger partial charge in [0, 0.05) is 16.0 Å². The number of ether oxygens (including phenoxy) is 2. The van der Waals surface area contributed by atoms with Gasteiger partial charge in [0.2, 0.25) is 0 Å². The van der Waals surface area contributed by atoms with Gasteiger partial charge >= 0.3 is 5.97 Å². The third-order valence-electron chi connectivity index (χ3n) is 4.86. The predicted octanol–water partition coefficient (Wildman–Crippen LogP) is 6.01. The Labute approximate surface area is 200 Å². The van der Waals surface area contributed by atoms with Crippen molar-refractivity contribution in [3.05, 3.63) is 88.4 Å². The average molecular weight is 481 g/mol. The number of nitrogens with one attached hydrogen (secondary N) is 1. The summed E-state index contributed by atoms with van der Waals surface area (Å²) in [5, 5.41) is 3.95. The number of carbonyl (C=O) groups excluding carboxylic acids is 2. The van der Waals surface area contributed by atoms with Gasteiger partial charge in [0.1, 0.15) is 5.75 Å². The molecule has 0 aliphatic carbocycles. The van der Waals surface area contributed by atoms with E-state index in [2.05, 4.69) is 10.3 Å². The number of benzene rings is 3. The van der Waals surface area contributed by atoms with Crippen LogP contribution in [0.3, 0.4) is 0 Å². The lowest BCUT2D eigenvalue weighted by Crippen LogP contribution is -2.21. The Morgan fingerprint density at radius 1 is 0.970 bits per heavy atom. The largest absolute Gasteiger partial charge is 0.497 e. The monoisotopic (exact) mass is 480 g/mol. The van der Waals surface area contributed by atoms with Gasteiger partial charge in [-0.3, -0.25) is 4.79 Å². The minimum Gasteiger partial charge on any atom is -0.497 e. The SMILES string of the molecule is COc1ccc(-c2cc(C(=O)OCC(=O)Nc3ccc(Cl)cc3Cl)c3ccccc3n2)cc1. The van der Waals surface area contributed by atoms with E-state index < -0.39 is 18.5 Å². The smallest absolute Gasteiger partial charge is 0.339 e. The number of rotatable bonds is 6. The molecule has 4 aromatic rings. The molecule has 0 fully saturated rings. The van der Waals surface area contributed by atoms with Crippen LogP contribution in [0.25, 0.3) is 22.2 Å². The topological polar surface area (TPSA) is 77.5 Å². The van der Waals surface area contributed by atoms with Crippen molar-refractivity contribution in [3.63, 3.8) is 0 Å². The van der Waals surface area contributed by atoms with Crippen molar-refractivity contribution in [2.24, 2.45) is 0 Å². The highest BCUT2D eigenvalue weighted by Gasteiger charge is 2.17. The number of anilines is 1. The molecule has 1 amide bonds. The lowest BCUT2D eigenvalue weighted by Gasteiger charge is -2.11. The van der Waals surface area contributed by atoms with Crippen LogP contribution < -0.4 is 10.1 Å². The standard InChI is InChI=1S/C25H18Cl2N2O4/c1-32-17-9-6-15(7-10-17)23-13-19(18-4-2-3-5-21(18)28-23)25(31)33-14-24(30)29-22-11-8-16(26)12-20(22)27/h2-13H,14H2,1H3,(H,29,30). The van der Waals surface area contributed by atoms with Crippen molar-refractivity contribution in [1.29, 1.82) is 0 Å². The van der Waals surface area contributed by atoms with E-state index in [-0.39, 0.29) is 5.02 Å². The number of halogens is 2. The Bertz CT molecular complexity index is 1340. The van der Waals surface area contributed by atoms with E-state index >= 15 is 0 Å². The summed E-state index contributed by atoms with van der Waals surface area (Å²) in [5.74, 6) is -0.451. The van der Waals surface area contributed by atoms with E-state index in [4.69, 9.17) is 32.7 Å². The molecular weight excluding hydrogens is 463 g/mol. The Kier molecular flexibility index (Phi) is 6.77. The molecule has 0 unspecified atom stereocenters. The number of esters is 1. The van der Waals surface area contributed by atoms with Crippen LogP contribution in [0, 0.1) is 0 Å². The van der Waals surface area contributed by atoms with E-state index in [1.54, 1.807) is 31.4 Å². The quantitative estimate of drug-likeness (QED) is 0.341. The second-order valence-corrected chi connectivity index (χ2v) is 7.89. The Balaban J connectivity index is 1.56. The molecule has 0 aliphatic heterocycles. The molecule has 0 saturated carbocycles. The molecule has 6 nitrogen and oxygen atoms in total. The molecule has 0 radical (unpaired) electrons. The van der Waals surface area contributed by atoms with Gasteiger partial charge in [-0.1, -0.05) is 41.4 Å². The van der Waals surface area contributed by atoms with Gasteiger partial charge in [-0.05, 0) is 54.6 Å². The minimum atomic E-state index is -0.638. The van der Waals surface area contributed by atoms with Crippen molar-refractivity contribution in [1.82, 2.24) is 4.98 Å². The molecule has 8 heteroatoms. The first kappa shape index (κ1) is 22.6. The number of nitrogens with zero attached hydrogens (tertiary/aromatic N) is 1. The molecule has 0 saturated heterocycles. The zero-order valence-electron chi connectivity index (χ0n) is 17.5. The number of para-hydroxylation sites is 1. The number of fused-ring (bicyclic) bond motifs is 1. The van der Waals surface area contributed by atoms with Crippen LogP contribution in [0.15, 0.2) is 72.8 Å². The van der Waals surface area contributed by atoms with Gasteiger partial charge in [0.05, 0.1) is 34.6 Å². The molecule has 4 rings (SSSR count). The first-order valence-corrected chi connectivity index (χ1v) is 10.7. The van der Waals surface area contributed by atoms with E-state index in [0.29, 0.717) is 38.6 Å². The van der Waals surface area contributed by atoms with E-state index in [0.717, 1.165) is 5.56 Å². The third kappa shape index (κ3) is 5.25. The lowest BCUT2D eigenvalue weighted by molar-refractivity contribution is -0.119. The van der Waals surface area contributed by atoms with Crippen LogP contribution in [0.2, 0.25) is 10.0 Å². The molecule has 1 N–H and O–H groups in total. The number of methoxy groups -OCH3 is 1. The summed E-state index contributed by atoms with van der Waals surface area (Å²) in [4.78, 5) is 29.9. The highest BCUT2D eigenvalue weighted by atomic mass is 35.5. The molecule has 0 spiro atoms. The van der Waals surface area contributed by atoms with Crippen LogP contribution in [0.4, 0.5) is 5.69 Å². The fourth-order valence-corrected chi connectivity index (χ4v) is 3.70. The number of hydrogen-bond donors (Lipinski definition) is 1. The number of amides is 1. The summed E-state index contributed by atoms with van der Waals surface area (Å²) in [6, 6.07) is 20.9. The molecule has 0 atom stereocenters. The molecule has 1 aromatic heterocycles. The number of carbonyl (C=O) groups is 2. The maximum Gasteiger partial charge on any atom is 0.339 e. The number of pyridine rings is 1. The minimum absolute atomic E-state index is 0.284. The molecule has 1 heterocycles. The van der Waals surface area contributed by atoms with E-state index in [1.807, 2.05) is 42.5 Å². The van der Waals surface area contributed by atoms with Gasteiger partial charge in [-0.25, -0.2) is 9.78 Å². The highest BCUT2D eigenvalue weighted by Crippen LogP contribution is 2.27. The van der Waals surface area contributed by atoms with Crippen molar-refractivity contribution in [2.75, 3.05) is 19.0 Å². The number of aromatic nitrogens is 1. The normalized spacial score (nSPS) is 10.6. The molecule has 3 aromatic carbocycles. The summed E-state index contributed by atoms with van der Waals surface area (Å²) < 4.78 is 10.5. The summed E-state index contributed by atoms with van der Waals surface area (Å²) in [6.07, 6.45) is 0. The van der Waals surface area contributed by atoms with Crippen LogP contribution in [0.5, 0.6) is 5.75 Å². The van der Waals surface area contributed by atoms with Crippen LogP contribution in [-0.2, 0) is 9.53 Å². The van der Waals surface area contributed by atoms with Crippen molar-refractivity contribution >= 4 is 51.7 Å². The van der Waals surface area contributed by atoms with Crippen LogP contribution in [0.1, 0.15) is 10.4 Å². The molecule has 0 bridgehead atoms. The van der Waals surface area contributed by atoms with Crippen LogP contribution >= 0.6 is 23.2 Å². The molecule has 166 valence electrons. The Hall–Kier alpha value is -3.61. The van der Waals surface area contributed by atoms with Gasteiger partial charge < -0.3 is 14.8 Å². The van der Waals surface area contributed by atoms with Gasteiger partial charge in [0.25, 0.3) is 5.91 Å². The average Bonchev–Trinajstić information content (AvgIpc) is 2.83. The summed E-state index contributed by atoms with van der Waals surface area (Å²) >= 11 is 11.9. The molecule has 33 heavy (non-hydrogen) atoms. The summed E-state index contributed by atoms with van der Waals surface area (Å²) in [5.41, 5.74) is 2.73. The maximum absolute atomic E-state index is 12.9. The van der Waals surface area contributed by atoms with Crippen LogP contribution in [-0.4, -0.2) is 30.6 Å². The zero-order valence-corrected chi connectivity index (χ0v) is 19.0. The van der Waals surface area contributed by atoms with Gasteiger partial charge in [-0.2, -0.15) is 0 Å². The lowest BCUT2D eigenvalue weighted by atomic mass is 10.0. The summed E-state index contributed by atoms with van der Waals surface area (Å²) in [6.45, 7) is -0.480. The fraction of sp³-hybridized carbons (Fsp3) is 0.0800. The van der Waals surface area contributed by atoms with Gasteiger partial charge in [0.15, 0.2) is 6.61 Å². The van der Waals surface area contributed by atoms with Gasteiger partial charge in [-0.15, -0.1) is 0 Å². The third-order valence-corrected chi connectivity index (χ3v) is 5.41. The second kappa shape index (κ2) is 9.90. The first-order chi connectivity index (χ1) is 15.9. The molecule has 0 aliphatic rings. The fourth-order valence-electron chi connectivity index (χ4n) is 3.24. The summed E-state index contributed by atoms with van der Waals surface area (Å²) in [7, 11) is 1.59. The van der Waals surface area contributed by atoms with E-state index in [1.165, 1.54) is 6.07 Å². The Morgan fingerprint density at radius 3 is 2.45 bits per heavy atom. The molecular formula is C25H18Cl2N2O4. The van der Waals surface area contributed by atoms with Crippen molar-refractivity contribution in [2.45, 2.75) is 0 Å². The maximum atomic E-state index is 12.9. The predicted molar refractivity (Wildman–Crippen MR) is 129 cm³/mol. The highest BCUT2D eigenvalue weighted by molar-refractivity contribution is 6.36. The van der Waals surface area contributed by atoms with Crippen molar-refractivity contribution in [3.8, 4) is 17.0 Å². The first-order valence-electron chi connectivity index (χ1n) is 9.91. The zero-order chi connectivity index (χ0) is 23.4. The van der Waals surface area contributed by atoms with E-state index in [9.17, 15) is 9.59 Å². The Morgan fingerprint density at radius 2 is 1.73 bits per heavy atom. The second-order valence-electron chi connectivity index (χ2n) is 7.05. The number of hydrogen-bond acceptors (Lipinski definition) is 5.